The summed E-state index contributed by atoms with van der Waals surface area (Å²) in [7, 11) is 0. The van der Waals surface area contributed by atoms with Crippen LogP contribution in [-0.2, 0) is 14.3 Å². The van der Waals surface area contributed by atoms with Crippen molar-refractivity contribution in [2.75, 3.05) is 6.61 Å². The summed E-state index contributed by atoms with van der Waals surface area (Å²) in [5.74, 6) is -0.598. The van der Waals surface area contributed by atoms with E-state index in [0.29, 0.717) is 19.3 Å². The van der Waals surface area contributed by atoms with E-state index < -0.39 is 18.2 Å². The van der Waals surface area contributed by atoms with Crippen LogP contribution in [-0.4, -0.2) is 46.9 Å². The van der Waals surface area contributed by atoms with Gasteiger partial charge in [0.2, 0.25) is 5.91 Å². The minimum atomic E-state index is -0.818. The third-order valence-corrected chi connectivity index (χ3v) is 12.5. The average molecular weight is 896 g/mol. The molecule has 0 saturated carbocycles. The molecule has 0 aromatic carbocycles. The summed E-state index contributed by atoms with van der Waals surface area (Å²) in [6.07, 6.45) is 64.6. The summed E-state index contributed by atoms with van der Waals surface area (Å²) in [6.45, 7) is 6.33. The van der Waals surface area contributed by atoms with Crippen LogP contribution in [0.25, 0.3) is 0 Å². The molecule has 6 heteroatoms. The maximum Gasteiger partial charge on any atom is 0.306 e. The fraction of sp³-hybridized carbons (Fsp3) is 0.793. The molecular weight excluding hydrogens is 791 g/mol. The molecule has 0 aromatic heterocycles. The highest BCUT2D eigenvalue weighted by molar-refractivity contribution is 5.77. The van der Waals surface area contributed by atoms with Crippen LogP contribution in [0.1, 0.15) is 271 Å². The molecule has 0 saturated heterocycles. The second-order valence-electron chi connectivity index (χ2n) is 18.7. The zero-order valence-corrected chi connectivity index (χ0v) is 42.4. The number of carbonyl (C=O) groups is 2. The highest BCUT2D eigenvalue weighted by atomic mass is 16.5. The lowest BCUT2D eigenvalue weighted by Crippen LogP contribution is -2.46. The van der Waals surface area contributed by atoms with Gasteiger partial charge in [-0.05, 0) is 19.3 Å². The smallest absolute Gasteiger partial charge is 0.306 e. The summed E-state index contributed by atoms with van der Waals surface area (Å²) in [5.41, 5.74) is 0. The van der Waals surface area contributed by atoms with E-state index >= 15 is 0 Å². The standard InChI is InChI=1S/C58H105NO5/c1-4-7-10-13-16-19-22-24-26-28-29-31-33-36-39-42-45-48-51-58(63)64-54(49-46-43-40-37-34-21-18-15-12-9-6-3)52-57(62)59-55(53-60)56(61)50-47-44-41-38-35-32-30-27-25-23-20-17-14-11-8-5-2/h9,12,15,18,21,34,37,40,43,46,54-56,60-61H,4-8,10-11,13-14,16-17,19-20,22-33,35-36,38-39,41-42,44-45,47-53H2,1-3H3,(H,59,62)/b12-9+,18-15+,34-21-,40-37-,46-43+. The van der Waals surface area contributed by atoms with Gasteiger partial charge < -0.3 is 20.3 Å². The maximum atomic E-state index is 13.2. The minimum absolute atomic E-state index is 0.0167. The van der Waals surface area contributed by atoms with Gasteiger partial charge in [0.15, 0.2) is 0 Å². The van der Waals surface area contributed by atoms with Crippen LogP contribution in [0.15, 0.2) is 60.8 Å². The number of carbonyl (C=O) groups excluding carboxylic acids is 2. The summed E-state index contributed by atoms with van der Waals surface area (Å²) in [5, 5.41) is 23.8. The fourth-order valence-corrected chi connectivity index (χ4v) is 8.34. The van der Waals surface area contributed by atoms with E-state index in [1.807, 2.05) is 54.7 Å². The number of unbranched alkanes of at least 4 members (excludes halogenated alkanes) is 32. The first-order chi connectivity index (χ1) is 31.5. The number of ether oxygens (including phenoxy) is 1. The Bertz CT molecular complexity index is 1140. The Balaban J connectivity index is 4.53. The van der Waals surface area contributed by atoms with Crippen LogP contribution < -0.4 is 5.32 Å². The summed E-state index contributed by atoms with van der Waals surface area (Å²) >= 11 is 0. The zero-order valence-electron chi connectivity index (χ0n) is 42.4. The van der Waals surface area contributed by atoms with Gasteiger partial charge in [0.05, 0.1) is 25.2 Å². The van der Waals surface area contributed by atoms with Crippen molar-refractivity contribution in [3.8, 4) is 0 Å². The second kappa shape index (κ2) is 51.5. The Labute approximate surface area is 397 Å². The lowest BCUT2D eigenvalue weighted by atomic mass is 10.0. The third-order valence-electron chi connectivity index (χ3n) is 12.5. The number of esters is 1. The number of aliphatic hydroxyl groups is 2. The zero-order chi connectivity index (χ0) is 46.7. The molecule has 0 spiro atoms. The minimum Gasteiger partial charge on any atom is -0.461 e. The summed E-state index contributed by atoms with van der Waals surface area (Å²) in [6, 6.07) is -0.739. The number of nitrogens with one attached hydrogen (secondary N) is 1. The molecule has 3 N–H and O–H groups in total. The number of rotatable bonds is 49. The van der Waals surface area contributed by atoms with Crippen molar-refractivity contribution in [3.05, 3.63) is 60.8 Å². The van der Waals surface area contributed by atoms with Crippen molar-refractivity contribution in [3.63, 3.8) is 0 Å². The van der Waals surface area contributed by atoms with Crippen LogP contribution in [0, 0.1) is 0 Å². The maximum absolute atomic E-state index is 13.2. The Morgan fingerprint density at radius 3 is 1.19 bits per heavy atom. The molecule has 0 aliphatic rings. The molecule has 0 aliphatic heterocycles. The molecule has 64 heavy (non-hydrogen) atoms. The molecule has 1 amide bonds. The van der Waals surface area contributed by atoms with Crippen molar-refractivity contribution in [1.82, 2.24) is 5.32 Å². The topological polar surface area (TPSA) is 95.9 Å². The van der Waals surface area contributed by atoms with Crippen molar-refractivity contribution in [2.24, 2.45) is 0 Å². The van der Waals surface area contributed by atoms with Crippen LogP contribution in [0.3, 0.4) is 0 Å². The van der Waals surface area contributed by atoms with Crippen LogP contribution in [0.5, 0.6) is 0 Å². The van der Waals surface area contributed by atoms with Crippen molar-refractivity contribution in [1.29, 1.82) is 0 Å². The molecule has 0 bridgehead atoms. The van der Waals surface area contributed by atoms with E-state index in [1.54, 1.807) is 0 Å². The SMILES string of the molecule is CC/C=C/C=C/C=C\C=C/C=C/CC(CC(=O)NC(CO)C(O)CCCCCCCCCCCCCCCCCC)OC(=O)CCCCCCCCCCCCCCCCCCCC. The Morgan fingerprint density at radius 2 is 0.812 bits per heavy atom. The average Bonchev–Trinajstić information content (AvgIpc) is 3.29. The van der Waals surface area contributed by atoms with Crippen LogP contribution >= 0.6 is 0 Å². The summed E-state index contributed by atoms with van der Waals surface area (Å²) < 4.78 is 5.86. The Morgan fingerprint density at radius 1 is 0.469 bits per heavy atom. The van der Waals surface area contributed by atoms with Crippen LogP contribution in [0.4, 0.5) is 0 Å². The Kier molecular flexibility index (Phi) is 49.6. The van der Waals surface area contributed by atoms with Gasteiger partial charge in [-0.1, -0.05) is 293 Å². The first kappa shape index (κ1) is 61.6. The lowest BCUT2D eigenvalue weighted by molar-refractivity contribution is -0.150. The predicted molar refractivity (Wildman–Crippen MR) is 278 cm³/mol. The van der Waals surface area contributed by atoms with Gasteiger partial charge in [-0.3, -0.25) is 9.59 Å². The van der Waals surface area contributed by atoms with E-state index in [2.05, 4.69) is 32.2 Å². The molecule has 3 atom stereocenters. The normalized spacial score (nSPS) is 13.6. The molecule has 0 heterocycles. The monoisotopic (exact) mass is 896 g/mol. The highest BCUT2D eigenvalue weighted by Gasteiger charge is 2.23. The third kappa shape index (κ3) is 46.1. The molecule has 372 valence electrons. The van der Waals surface area contributed by atoms with Crippen molar-refractivity contribution in [2.45, 2.75) is 289 Å². The predicted octanol–water partition coefficient (Wildman–Crippen LogP) is 16.8. The second-order valence-corrected chi connectivity index (χ2v) is 18.7. The van der Waals surface area contributed by atoms with E-state index in [9.17, 15) is 19.8 Å². The molecule has 0 aromatic rings. The lowest BCUT2D eigenvalue weighted by Gasteiger charge is -2.24. The van der Waals surface area contributed by atoms with Crippen molar-refractivity contribution >= 4 is 11.9 Å². The number of allylic oxidation sites excluding steroid dienone is 9. The van der Waals surface area contributed by atoms with Gasteiger partial charge in [-0.15, -0.1) is 0 Å². The first-order valence-electron chi connectivity index (χ1n) is 27.6. The molecule has 0 aliphatic carbocycles. The summed E-state index contributed by atoms with van der Waals surface area (Å²) in [4.78, 5) is 26.1. The van der Waals surface area contributed by atoms with E-state index in [1.165, 1.54) is 180 Å². The van der Waals surface area contributed by atoms with Gasteiger partial charge in [0.1, 0.15) is 6.10 Å². The number of aliphatic hydroxyl groups excluding tert-OH is 2. The van der Waals surface area contributed by atoms with Gasteiger partial charge >= 0.3 is 5.97 Å². The molecule has 3 unspecified atom stereocenters. The van der Waals surface area contributed by atoms with Gasteiger partial charge in [0.25, 0.3) is 0 Å². The highest BCUT2D eigenvalue weighted by Crippen LogP contribution is 2.18. The fourth-order valence-electron chi connectivity index (χ4n) is 8.34. The van der Waals surface area contributed by atoms with E-state index in [0.717, 1.165) is 44.9 Å². The molecule has 0 rings (SSSR count). The molecule has 0 fully saturated rings. The van der Waals surface area contributed by atoms with Crippen molar-refractivity contribution < 1.29 is 24.5 Å². The number of amides is 1. The molecule has 0 radical (unpaired) electrons. The largest absolute Gasteiger partial charge is 0.461 e. The molecule has 6 nitrogen and oxygen atoms in total. The Hall–Kier alpha value is -2.44. The van der Waals surface area contributed by atoms with Gasteiger partial charge in [-0.2, -0.15) is 0 Å². The quantitative estimate of drug-likeness (QED) is 0.0321. The number of hydrogen-bond acceptors (Lipinski definition) is 5. The van der Waals surface area contributed by atoms with E-state index in [-0.39, 0.29) is 24.9 Å². The number of hydrogen-bond donors (Lipinski definition) is 3. The van der Waals surface area contributed by atoms with E-state index in [4.69, 9.17) is 4.74 Å². The molecular formula is C58H105NO5. The van der Waals surface area contributed by atoms with Gasteiger partial charge in [-0.25, -0.2) is 0 Å². The first-order valence-corrected chi connectivity index (χ1v) is 27.6. The van der Waals surface area contributed by atoms with Gasteiger partial charge in [0, 0.05) is 12.8 Å². The van der Waals surface area contributed by atoms with Crippen LogP contribution in [0.2, 0.25) is 0 Å².